The van der Waals surface area contributed by atoms with E-state index in [2.05, 4.69) is 35.1 Å². The molecule has 1 N–H and O–H groups in total. The van der Waals surface area contributed by atoms with Crippen LogP contribution in [0.2, 0.25) is 0 Å². The zero-order chi connectivity index (χ0) is 18.8. The van der Waals surface area contributed by atoms with E-state index in [1.165, 1.54) is 10.4 Å². The number of aromatic nitrogens is 2. The molecule has 27 heavy (non-hydrogen) atoms. The minimum absolute atomic E-state index is 0.324. The second-order valence-electron chi connectivity index (χ2n) is 6.52. The fraction of sp³-hybridized carbons (Fsp3) is 0.182. The summed E-state index contributed by atoms with van der Waals surface area (Å²) in [6.45, 7) is 2.94. The van der Waals surface area contributed by atoms with E-state index >= 15 is 0 Å². The molecule has 5 heteroatoms. The molecule has 0 aliphatic carbocycles. The number of aromatic carboxylic acids is 1. The molecule has 136 valence electrons. The molecule has 0 amide bonds. The summed E-state index contributed by atoms with van der Waals surface area (Å²) in [7, 11) is 0. The van der Waals surface area contributed by atoms with Gasteiger partial charge < -0.3 is 9.67 Å². The van der Waals surface area contributed by atoms with Gasteiger partial charge in [0.25, 0.3) is 0 Å². The Morgan fingerprint density at radius 1 is 1.11 bits per heavy atom. The maximum Gasteiger partial charge on any atom is 0.336 e. The van der Waals surface area contributed by atoms with Gasteiger partial charge in [-0.25, -0.2) is 9.78 Å². The first-order valence-corrected chi connectivity index (χ1v) is 9.89. The molecule has 2 aromatic heterocycles. The van der Waals surface area contributed by atoms with Gasteiger partial charge in [0.15, 0.2) is 0 Å². The van der Waals surface area contributed by atoms with Gasteiger partial charge in [-0.1, -0.05) is 49.4 Å². The summed E-state index contributed by atoms with van der Waals surface area (Å²) >= 11 is 1.72. The Kier molecular flexibility index (Phi) is 4.77. The third kappa shape index (κ3) is 3.38. The highest BCUT2D eigenvalue weighted by atomic mass is 32.1. The molecule has 0 bridgehead atoms. The SMILES string of the molecule is CCCc1nc2ccsc2n1Cc1ccc(-c2ccccc2C(=O)O)cc1. The highest BCUT2D eigenvalue weighted by Gasteiger charge is 2.13. The molecule has 4 rings (SSSR count). The van der Waals surface area contributed by atoms with Gasteiger partial charge in [-0.2, -0.15) is 0 Å². The zero-order valence-electron chi connectivity index (χ0n) is 15.1. The highest BCUT2D eigenvalue weighted by Crippen LogP contribution is 2.27. The van der Waals surface area contributed by atoms with Crippen LogP contribution >= 0.6 is 11.3 Å². The summed E-state index contributed by atoms with van der Waals surface area (Å²) in [6, 6.07) is 17.3. The Balaban J connectivity index is 1.65. The predicted octanol–water partition coefficient (Wildman–Crippen LogP) is 5.46. The number of fused-ring (bicyclic) bond motifs is 1. The van der Waals surface area contributed by atoms with Gasteiger partial charge in [-0.05, 0) is 40.6 Å². The van der Waals surface area contributed by atoms with Crippen LogP contribution in [0, 0.1) is 0 Å². The second kappa shape index (κ2) is 7.37. The summed E-state index contributed by atoms with van der Waals surface area (Å²) in [5.74, 6) is 0.219. The topological polar surface area (TPSA) is 55.1 Å². The number of aryl methyl sites for hydroxylation is 1. The average molecular weight is 376 g/mol. The lowest BCUT2D eigenvalue weighted by molar-refractivity contribution is 0.0697. The van der Waals surface area contributed by atoms with Gasteiger partial charge in [0.05, 0.1) is 17.6 Å². The number of benzene rings is 2. The largest absolute Gasteiger partial charge is 0.478 e. The molecule has 0 saturated heterocycles. The van der Waals surface area contributed by atoms with E-state index < -0.39 is 5.97 Å². The lowest BCUT2D eigenvalue weighted by Crippen LogP contribution is -2.05. The Bertz CT molecular complexity index is 1090. The fourth-order valence-corrected chi connectivity index (χ4v) is 4.23. The lowest BCUT2D eigenvalue weighted by atomic mass is 9.99. The minimum atomic E-state index is -0.905. The van der Waals surface area contributed by atoms with Crippen LogP contribution in [-0.2, 0) is 13.0 Å². The maximum absolute atomic E-state index is 11.5. The van der Waals surface area contributed by atoms with Crippen molar-refractivity contribution in [2.45, 2.75) is 26.3 Å². The molecule has 2 heterocycles. The summed E-state index contributed by atoms with van der Waals surface area (Å²) in [6.07, 6.45) is 2.03. The summed E-state index contributed by atoms with van der Waals surface area (Å²) in [5, 5.41) is 11.5. The fourth-order valence-electron chi connectivity index (χ4n) is 3.37. The van der Waals surface area contributed by atoms with E-state index in [-0.39, 0.29) is 0 Å². The molecular weight excluding hydrogens is 356 g/mol. The van der Waals surface area contributed by atoms with Gasteiger partial charge in [0.2, 0.25) is 0 Å². The van der Waals surface area contributed by atoms with E-state index in [4.69, 9.17) is 4.98 Å². The third-order valence-electron chi connectivity index (χ3n) is 4.67. The second-order valence-corrected chi connectivity index (χ2v) is 7.42. The van der Waals surface area contributed by atoms with Crippen molar-refractivity contribution < 1.29 is 9.90 Å². The average Bonchev–Trinajstić information content (AvgIpc) is 3.25. The molecule has 0 fully saturated rings. The minimum Gasteiger partial charge on any atom is -0.478 e. The van der Waals surface area contributed by atoms with Crippen molar-refractivity contribution in [2.24, 2.45) is 0 Å². The summed E-state index contributed by atoms with van der Waals surface area (Å²) < 4.78 is 2.30. The van der Waals surface area contributed by atoms with Crippen molar-refractivity contribution >= 4 is 27.7 Å². The number of rotatable bonds is 6. The number of nitrogens with zero attached hydrogens (tertiary/aromatic N) is 2. The Labute approximate surface area is 161 Å². The standard InChI is InChI=1S/C22H20N2O2S/c1-2-5-20-23-19-12-13-27-21(19)24(20)14-15-8-10-16(11-9-15)17-6-3-4-7-18(17)22(25)26/h3-4,6-13H,2,5,14H2,1H3,(H,25,26). The first kappa shape index (κ1) is 17.5. The number of hydrogen-bond donors (Lipinski definition) is 1. The highest BCUT2D eigenvalue weighted by molar-refractivity contribution is 7.16. The molecule has 4 nitrogen and oxygen atoms in total. The first-order chi connectivity index (χ1) is 13.2. The Morgan fingerprint density at radius 2 is 1.89 bits per heavy atom. The third-order valence-corrected chi connectivity index (χ3v) is 5.59. The zero-order valence-corrected chi connectivity index (χ0v) is 15.9. The predicted molar refractivity (Wildman–Crippen MR) is 110 cm³/mol. The van der Waals surface area contributed by atoms with E-state index in [0.29, 0.717) is 5.56 Å². The number of carboxylic acid groups (broad SMARTS) is 1. The van der Waals surface area contributed by atoms with Crippen molar-refractivity contribution in [3.05, 3.63) is 76.9 Å². The van der Waals surface area contributed by atoms with Crippen LogP contribution < -0.4 is 0 Å². The van der Waals surface area contributed by atoms with Crippen LogP contribution in [0.3, 0.4) is 0 Å². The maximum atomic E-state index is 11.5. The normalized spacial score (nSPS) is 11.1. The van der Waals surface area contributed by atoms with Crippen molar-refractivity contribution in [2.75, 3.05) is 0 Å². The number of hydrogen-bond acceptors (Lipinski definition) is 3. The number of thiophene rings is 1. The monoisotopic (exact) mass is 376 g/mol. The van der Waals surface area contributed by atoms with Gasteiger partial charge in [0.1, 0.15) is 10.7 Å². The van der Waals surface area contributed by atoms with E-state index in [1.54, 1.807) is 23.5 Å². The number of carboxylic acids is 1. The van der Waals surface area contributed by atoms with Crippen LogP contribution in [0.5, 0.6) is 0 Å². The molecule has 0 radical (unpaired) electrons. The molecule has 4 aromatic rings. The van der Waals surface area contributed by atoms with Gasteiger partial charge in [-0.3, -0.25) is 0 Å². The Hall–Kier alpha value is -2.92. The smallest absolute Gasteiger partial charge is 0.336 e. The molecule has 0 aliphatic heterocycles. The molecule has 0 aliphatic rings. The summed E-state index contributed by atoms with van der Waals surface area (Å²) in [5.41, 5.74) is 4.22. The van der Waals surface area contributed by atoms with Crippen LogP contribution in [0.4, 0.5) is 0 Å². The van der Waals surface area contributed by atoms with Gasteiger partial charge in [0, 0.05) is 6.42 Å². The van der Waals surface area contributed by atoms with Crippen LogP contribution in [0.25, 0.3) is 21.5 Å². The summed E-state index contributed by atoms with van der Waals surface area (Å²) in [4.78, 5) is 17.4. The van der Waals surface area contributed by atoms with E-state index in [1.807, 2.05) is 24.3 Å². The van der Waals surface area contributed by atoms with Crippen LogP contribution in [-0.4, -0.2) is 20.6 Å². The molecule has 0 spiro atoms. The van der Waals surface area contributed by atoms with Gasteiger partial charge in [-0.15, -0.1) is 11.3 Å². The lowest BCUT2D eigenvalue weighted by Gasteiger charge is -2.10. The molecular formula is C22H20N2O2S. The van der Waals surface area contributed by atoms with Crippen molar-refractivity contribution in [1.29, 1.82) is 0 Å². The quantitative estimate of drug-likeness (QED) is 0.486. The van der Waals surface area contributed by atoms with Crippen LogP contribution in [0.15, 0.2) is 60.0 Å². The molecule has 2 aromatic carbocycles. The number of carbonyl (C=O) groups is 1. The Morgan fingerprint density at radius 3 is 2.63 bits per heavy atom. The van der Waals surface area contributed by atoms with Crippen molar-refractivity contribution in [3.63, 3.8) is 0 Å². The van der Waals surface area contributed by atoms with Crippen molar-refractivity contribution in [1.82, 2.24) is 9.55 Å². The molecule has 0 saturated carbocycles. The van der Waals surface area contributed by atoms with Gasteiger partial charge >= 0.3 is 5.97 Å². The molecule has 0 atom stereocenters. The number of imidazole rings is 1. The molecule has 0 unspecified atom stereocenters. The van der Waals surface area contributed by atoms with Crippen LogP contribution in [0.1, 0.15) is 35.1 Å². The first-order valence-electron chi connectivity index (χ1n) is 9.01. The van der Waals surface area contributed by atoms with E-state index in [9.17, 15) is 9.90 Å². The van der Waals surface area contributed by atoms with E-state index in [0.717, 1.165) is 41.9 Å². The van der Waals surface area contributed by atoms with Crippen molar-refractivity contribution in [3.8, 4) is 11.1 Å².